The van der Waals surface area contributed by atoms with Crippen LogP contribution in [0.4, 0.5) is 5.69 Å². The van der Waals surface area contributed by atoms with Gasteiger partial charge in [0.15, 0.2) is 5.82 Å². The predicted molar refractivity (Wildman–Crippen MR) is 80.8 cm³/mol. The second kappa shape index (κ2) is 6.41. The monoisotopic (exact) mass is 307 g/mol. The van der Waals surface area contributed by atoms with Crippen LogP contribution in [0.5, 0.6) is 0 Å². The molecule has 0 unspecified atom stereocenters. The molecule has 1 aliphatic carbocycles. The van der Waals surface area contributed by atoms with Crippen LogP contribution in [0.15, 0.2) is 18.2 Å². The summed E-state index contributed by atoms with van der Waals surface area (Å²) in [6.45, 7) is 2.34. The van der Waals surface area contributed by atoms with E-state index in [1.54, 1.807) is 16.8 Å². The summed E-state index contributed by atoms with van der Waals surface area (Å²) in [6, 6.07) is 5.41. The number of halogens is 1. The Bertz CT molecular complexity index is 611. The smallest absolute Gasteiger partial charge is 0.182 e. The first-order valence-electron chi connectivity index (χ1n) is 7.13. The summed E-state index contributed by atoms with van der Waals surface area (Å²) in [4.78, 5) is 0. The van der Waals surface area contributed by atoms with Gasteiger partial charge in [0.2, 0.25) is 0 Å². The molecule has 3 rings (SSSR count). The third-order valence-electron chi connectivity index (χ3n) is 3.50. The molecule has 1 aromatic carbocycles. The average Bonchev–Trinajstić information content (AvgIpc) is 3.18. The van der Waals surface area contributed by atoms with E-state index >= 15 is 0 Å². The predicted octanol–water partition coefficient (Wildman–Crippen LogP) is 2.39. The number of nitrogen functional groups attached to an aromatic ring is 1. The molecule has 0 spiro atoms. The highest BCUT2D eigenvalue weighted by Gasteiger charge is 2.20. The lowest BCUT2D eigenvalue weighted by atomic mass is 10.2. The number of nitrogens with zero attached hydrogens (tertiary/aromatic N) is 4. The number of aromatic nitrogens is 4. The number of nitrogens with two attached hydrogens (primary N) is 1. The summed E-state index contributed by atoms with van der Waals surface area (Å²) in [6.07, 6.45) is 3.51. The van der Waals surface area contributed by atoms with Crippen molar-refractivity contribution >= 4 is 17.3 Å². The van der Waals surface area contributed by atoms with Gasteiger partial charge in [0, 0.05) is 25.3 Å². The van der Waals surface area contributed by atoms with Crippen LogP contribution in [0, 0.1) is 5.92 Å². The molecule has 0 amide bonds. The largest absolute Gasteiger partial charge is 0.398 e. The molecule has 0 radical (unpaired) electrons. The van der Waals surface area contributed by atoms with Crippen molar-refractivity contribution in [1.82, 2.24) is 20.2 Å². The first-order valence-corrected chi connectivity index (χ1v) is 7.51. The fraction of sp³-hybridized carbons (Fsp3) is 0.500. The molecule has 2 N–H and O–H groups in total. The highest BCUT2D eigenvalue weighted by atomic mass is 35.5. The highest BCUT2D eigenvalue weighted by Crippen LogP contribution is 2.29. The second-order valence-electron chi connectivity index (χ2n) is 5.33. The first-order chi connectivity index (χ1) is 10.2. The van der Waals surface area contributed by atoms with E-state index in [0.717, 1.165) is 37.7 Å². The Morgan fingerprint density at radius 1 is 1.38 bits per heavy atom. The van der Waals surface area contributed by atoms with Crippen LogP contribution in [0.2, 0.25) is 5.02 Å². The standard InChI is InChI=1S/C14H18ClN5O/c15-12-8-11(4-5-13(12)16)14-17-18-19-20(14)6-1-7-21-9-10-2-3-10/h4-5,8,10H,1-3,6-7,9,16H2. The average molecular weight is 308 g/mol. The molecular weight excluding hydrogens is 290 g/mol. The minimum Gasteiger partial charge on any atom is -0.398 e. The zero-order valence-corrected chi connectivity index (χ0v) is 12.5. The number of hydrogen-bond acceptors (Lipinski definition) is 5. The van der Waals surface area contributed by atoms with Gasteiger partial charge in [-0.25, -0.2) is 4.68 Å². The topological polar surface area (TPSA) is 78.9 Å². The van der Waals surface area contributed by atoms with E-state index in [0.29, 0.717) is 16.5 Å². The summed E-state index contributed by atoms with van der Waals surface area (Å²) in [7, 11) is 0. The van der Waals surface area contributed by atoms with E-state index in [9.17, 15) is 0 Å². The van der Waals surface area contributed by atoms with Crippen molar-refractivity contribution in [2.24, 2.45) is 5.92 Å². The van der Waals surface area contributed by atoms with Crippen molar-refractivity contribution in [3.63, 3.8) is 0 Å². The molecule has 0 bridgehead atoms. The number of tetrazole rings is 1. The lowest BCUT2D eigenvalue weighted by Crippen LogP contribution is -2.07. The second-order valence-corrected chi connectivity index (χ2v) is 5.74. The van der Waals surface area contributed by atoms with Gasteiger partial charge < -0.3 is 10.5 Å². The Labute approximate surface area is 128 Å². The highest BCUT2D eigenvalue weighted by molar-refractivity contribution is 6.33. The van der Waals surface area contributed by atoms with Gasteiger partial charge in [0.1, 0.15) is 0 Å². The van der Waals surface area contributed by atoms with Crippen LogP contribution in [-0.4, -0.2) is 33.4 Å². The maximum atomic E-state index is 6.04. The van der Waals surface area contributed by atoms with Crippen molar-refractivity contribution in [2.75, 3.05) is 18.9 Å². The van der Waals surface area contributed by atoms with E-state index in [1.807, 2.05) is 6.07 Å². The number of ether oxygens (including phenoxy) is 1. The third kappa shape index (κ3) is 3.71. The molecule has 6 nitrogen and oxygen atoms in total. The third-order valence-corrected chi connectivity index (χ3v) is 3.83. The van der Waals surface area contributed by atoms with Crippen LogP contribution in [0.3, 0.4) is 0 Å². The van der Waals surface area contributed by atoms with Crippen LogP contribution < -0.4 is 5.73 Å². The van der Waals surface area contributed by atoms with Crippen molar-refractivity contribution in [1.29, 1.82) is 0 Å². The maximum Gasteiger partial charge on any atom is 0.182 e. The van der Waals surface area contributed by atoms with Gasteiger partial charge in [0.05, 0.1) is 10.7 Å². The molecule has 1 heterocycles. The van der Waals surface area contributed by atoms with Crippen molar-refractivity contribution in [2.45, 2.75) is 25.8 Å². The fourth-order valence-electron chi connectivity index (χ4n) is 2.08. The van der Waals surface area contributed by atoms with Crippen LogP contribution in [0.1, 0.15) is 19.3 Å². The van der Waals surface area contributed by atoms with Crippen molar-refractivity contribution in [3.05, 3.63) is 23.2 Å². The summed E-state index contributed by atoms with van der Waals surface area (Å²) < 4.78 is 7.38. The molecule has 7 heteroatoms. The fourth-order valence-corrected chi connectivity index (χ4v) is 2.26. The molecule has 1 fully saturated rings. The van der Waals surface area contributed by atoms with E-state index in [4.69, 9.17) is 22.1 Å². The lowest BCUT2D eigenvalue weighted by Gasteiger charge is -2.06. The number of hydrogen-bond donors (Lipinski definition) is 1. The molecule has 1 aliphatic rings. The Morgan fingerprint density at radius 3 is 3.00 bits per heavy atom. The quantitative estimate of drug-likeness (QED) is 0.627. The number of rotatable bonds is 7. The minimum absolute atomic E-state index is 0.509. The molecule has 21 heavy (non-hydrogen) atoms. The van der Waals surface area contributed by atoms with Crippen LogP contribution >= 0.6 is 11.6 Å². The van der Waals surface area contributed by atoms with E-state index in [2.05, 4.69) is 15.5 Å². The molecule has 0 aliphatic heterocycles. The van der Waals surface area contributed by atoms with Gasteiger partial charge in [-0.15, -0.1) is 5.10 Å². The van der Waals surface area contributed by atoms with Gasteiger partial charge in [-0.3, -0.25) is 0 Å². The molecular formula is C14H18ClN5O. The summed E-state index contributed by atoms with van der Waals surface area (Å²) in [5.41, 5.74) is 7.12. The Balaban J connectivity index is 1.58. The van der Waals surface area contributed by atoms with Crippen LogP contribution in [-0.2, 0) is 11.3 Å². The molecule has 1 aromatic heterocycles. The van der Waals surface area contributed by atoms with E-state index < -0.39 is 0 Å². The zero-order chi connectivity index (χ0) is 14.7. The summed E-state index contributed by atoms with van der Waals surface area (Å²) in [5.74, 6) is 1.49. The van der Waals surface area contributed by atoms with Gasteiger partial charge in [0.25, 0.3) is 0 Å². The maximum absolute atomic E-state index is 6.04. The summed E-state index contributed by atoms with van der Waals surface area (Å²) >= 11 is 6.04. The molecule has 1 saturated carbocycles. The van der Waals surface area contributed by atoms with Gasteiger partial charge in [-0.1, -0.05) is 11.6 Å². The van der Waals surface area contributed by atoms with Crippen LogP contribution in [0.25, 0.3) is 11.4 Å². The first kappa shape index (κ1) is 14.3. The normalized spacial score (nSPS) is 14.5. The lowest BCUT2D eigenvalue weighted by molar-refractivity contribution is 0.118. The number of anilines is 1. The van der Waals surface area contributed by atoms with E-state index in [1.165, 1.54) is 12.8 Å². The molecule has 112 valence electrons. The Kier molecular flexibility index (Phi) is 4.36. The molecule has 0 saturated heterocycles. The summed E-state index contributed by atoms with van der Waals surface area (Å²) in [5, 5.41) is 12.3. The number of aryl methyl sites for hydroxylation is 1. The zero-order valence-electron chi connectivity index (χ0n) is 11.7. The Morgan fingerprint density at radius 2 is 2.24 bits per heavy atom. The van der Waals surface area contributed by atoms with Gasteiger partial charge in [-0.05, 0) is 53.8 Å². The van der Waals surface area contributed by atoms with Crippen molar-refractivity contribution < 1.29 is 4.74 Å². The Hall–Kier alpha value is -1.66. The van der Waals surface area contributed by atoms with Gasteiger partial charge >= 0.3 is 0 Å². The molecule has 2 aromatic rings. The number of benzene rings is 1. The minimum atomic E-state index is 0.509. The molecule has 0 atom stereocenters. The van der Waals surface area contributed by atoms with Gasteiger partial charge in [-0.2, -0.15) is 0 Å². The SMILES string of the molecule is Nc1ccc(-c2nnnn2CCCOCC2CC2)cc1Cl. The van der Waals surface area contributed by atoms with E-state index in [-0.39, 0.29) is 0 Å². The van der Waals surface area contributed by atoms with Crippen molar-refractivity contribution in [3.8, 4) is 11.4 Å².